The largest absolute Gasteiger partial charge is 0.481 e. The minimum Gasteiger partial charge on any atom is -0.481 e. The summed E-state index contributed by atoms with van der Waals surface area (Å²) in [7, 11) is 5.22. The number of rotatable bonds is 7. The van der Waals surface area contributed by atoms with Crippen molar-refractivity contribution in [2.45, 2.75) is 45.2 Å². The van der Waals surface area contributed by atoms with Gasteiger partial charge in [-0.2, -0.15) is 0 Å². The molecule has 0 bridgehead atoms. The number of hydrogen-bond donors (Lipinski definition) is 1. The Bertz CT molecular complexity index is 1240. The van der Waals surface area contributed by atoms with Crippen molar-refractivity contribution in [3.63, 3.8) is 0 Å². The molecule has 0 unspecified atom stereocenters. The highest BCUT2D eigenvalue weighted by molar-refractivity contribution is 6.36. The van der Waals surface area contributed by atoms with Gasteiger partial charge in [-0.15, -0.1) is 0 Å². The zero-order valence-electron chi connectivity index (χ0n) is 21.4. The van der Waals surface area contributed by atoms with E-state index in [1.54, 1.807) is 7.11 Å². The first kappa shape index (κ1) is 26.0. The van der Waals surface area contributed by atoms with Crippen LogP contribution in [0.3, 0.4) is 0 Å². The second kappa shape index (κ2) is 11.3. The van der Waals surface area contributed by atoms with Crippen LogP contribution in [0.1, 0.15) is 36.8 Å². The van der Waals surface area contributed by atoms with Gasteiger partial charge in [-0.05, 0) is 62.9 Å². The standard InChI is InChI=1S/C29H34ClN3O3/c1-18-22(7-6-10-25(18)31)23-8-5-9-24(27(23)30)26-16-13-20(28(32-26)35-3)17-33(2)21-14-11-19(12-15-21)29(34)36-4/h5-10,13,16,19,21H,11-12,14-15,17,31H2,1-4H3. The van der Waals surface area contributed by atoms with Gasteiger partial charge in [0.15, 0.2) is 0 Å². The van der Waals surface area contributed by atoms with Crippen LogP contribution < -0.4 is 10.5 Å². The van der Waals surface area contributed by atoms with Crippen LogP contribution in [0.2, 0.25) is 5.02 Å². The minimum atomic E-state index is -0.0915. The van der Waals surface area contributed by atoms with Crippen LogP contribution in [-0.2, 0) is 16.1 Å². The number of benzene rings is 2. The van der Waals surface area contributed by atoms with Gasteiger partial charge in [-0.3, -0.25) is 9.69 Å². The third-order valence-corrected chi connectivity index (χ3v) is 7.75. The number of anilines is 1. The van der Waals surface area contributed by atoms with Gasteiger partial charge in [0.05, 0.1) is 30.9 Å². The number of nitrogen functional groups attached to an aromatic ring is 1. The topological polar surface area (TPSA) is 77.7 Å². The average Bonchev–Trinajstić information content (AvgIpc) is 2.90. The quantitative estimate of drug-likeness (QED) is 0.306. The Hall–Kier alpha value is -3.09. The first-order chi connectivity index (χ1) is 17.3. The van der Waals surface area contributed by atoms with Crippen LogP contribution in [0.25, 0.3) is 22.4 Å². The summed E-state index contributed by atoms with van der Waals surface area (Å²) < 4.78 is 10.6. The monoisotopic (exact) mass is 507 g/mol. The van der Waals surface area contributed by atoms with Crippen molar-refractivity contribution < 1.29 is 14.3 Å². The fourth-order valence-corrected chi connectivity index (χ4v) is 5.44. The molecule has 1 aliphatic carbocycles. The van der Waals surface area contributed by atoms with Crippen LogP contribution in [0.4, 0.5) is 5.69 Å². The number of nitrogens with zero attached hydrogens (tertiary/aromatic N) is 2. The SMILES string of the molecule is COC(=O)C1CCC(N(C)Cc2ccc(-c3cccc(-c4cccc(N)c4C)c3Cl)nc2OC)CC1. The predicted molar refractivity (Wildman–Crippen MR) is 145 cm³/mol. The molecule has 1 saturated carbocycles. The molecule has 0 spiro atoms. The van der Waals surface area contributed by atoms with Crippen LogP contribution >= 0.6 is 11.6 Å². The maximum atomic E-state index is 11.8. The lowest BCUT2D eigenvalue weighted by atomic mass is 9.85. The number of halogens is 1. The molecule has 4 rings (SSSR count). The second-order valence-electron chi connectivity index (χ2n) is 9.50. The molecule has 1 aliphatic rings. The van der Waals surface area contributed by atoms with Crippen molar-refractivity contribution in [2.75, 3.05) is 27.0 Å². The molecule has 2 aromatic carbocycles. The Balaban J connectivity index is 1.55. The van der Waals surface area contributed by atoms with E-state index in [0.717, 1.165) is 64.9 Å². The number of methoxy groups -OCH3 is 2. The summed E-state index contributed by atoms with van der Waals surface area (Å²) in [5.74, 6) is 0.516. The molecule has 7 heteroatoms. The minimum absolute atomic E-state index is 0.0202. The van der Waals surface area contributed by atoms with Crippen LogP contribution in [0.5, 0.6) is 5.88 Å². The summed E-state index contributed by atoms with van der Waals surface area (Å²) >= 11 is 6.91. The van der Waals surface area contributed by atoms with E-state index >= 15 is 0 Å². The number of nitrogens with two attached hydrogens (primary N) is 1. The van der Waals surface area contributed by atoms with Crippen molar-refractivity contribution in [3.8, 4) is 28.3 Å². The Labute approximate surface area is 218 Å². The van der Waals surface area contributed by atoms with Crippen LogP contribution in [0, 0.1) is 12.8 Å². The number of esters is 1. The summed E-state index contributed by atoms with van der Waals surface area (Å²) in [6.07, 6.45) is 3.65. The zero-order valence-corrected chi connectivity index (χ0v) is 22.1. The van der Waals surface area contributed by atoms with Gasteiger partial charge >= 0.3 is 5.97 Å². The van der Waals surface area contributed by atoms with Gasteiger partial charge in [0.25, 0.3) is 0 Å². The van der Waals surface area contributed by atoms with Crippen molar-refractivity contribution in [2.24, 2.45) is 5.92 Å². The Kier molecular flexibility index (Phi) is 8.17. The lowest BCUT2D eigenvalue weighted by Gasteiger charge is -2.34. The highest BCUT2D eigenvalue weighted by Gasteiger charge is 2.29. The molecule has 2 N–H and O–H groups in total. The summed E-state index contributed by atoms with van der Waals surface area (Å²) in [5, 5.41) is 0.632. The number of aromatic nitrogens is 1. The van der Waals surface area contributed by atoms with Crippen molar-refractivity contribution in [1.82, 2.24) is 9.88 Å². The summed E-state index contributed by atoms with van der Waals surface area (Å²) in [6.45, 7) is 2.71. The Morgan fingerprint density at radius 3 is 2.39 bits per heavy atom. The van der Waals surface area contributed by atoms with Gasteiger partial charge in [-0.25, -0.2) is 4.98 Å². The van der Waals surface area contributed by atoms with Gasteiger partial charge in [0, 0.05) is 35.0 Å². The molecule has 36 heavy (non-hydrogen) atoms. The molecule has 0 aliphatic heterocycles. The molecule has 6 nitrogen and oxygen atoms in total. The summed E-state index contributed by atoms with van der Waals surface area (Å²) in [4.78, 5) is 19.0. The molecule has 190 valence electrons. The lowest BCUT2D eigenvalue weighted by molar-refractivity contribution is -0.146. The molecule has 0 radical (unpaired) electrons. The zero-order chi connectivity index (χ0) is 25.8. The molecule has 0 saturated heterocycles. The molecular weight excluding hydrogens is 474 g/mol. The van der Waals surface area contributed by atoms with Gasteiger partial charge < -0.3 is 15.2 Å². The van der Waals surface area contributed by atoms with E-state index in [1.807, 2.05) is 49.4 Å². The van der Waals surface area contributed by atoms with Crippen LogP contribution in [-0.4, -0.2) is 43.2 Å². The molecule has 0 amide bonds. The number of ether oxygens (including phenoxy) is 2. The van der Waals surface area contributed by atoms with Crippen molar-refractivity contribution in [1.29, 1.82) is 0 Å². The molecule has 0 atom stereocenters. The summed E-state index contributed by atoms with van der Waals surface area (Å²) in [5.41, 5.74) is 12.4. The maximum Gasteiger partial charge on any atom is 0.308 e. The smallest absolute Gasteiger partial charge is 0.308 e. The number of hydrogen-bond acceptors (Lipinski definition) is 6. The first-order valence-corrected chi connectivity index (χ1v) is 12.7. The molecule has 3 aromatic rings. The van der Waals surface area contributed by atoms with Gasteiger partial charge in [-0.1, -0.05) is 48.0 Å². The first-order valence-electron chi connectivity index (χ1n) is 12.3. The molecule has 1 fully saturated rings. The summed E-state index contributed by atoms with van der Waals surface area (Å²) in [6, 6.07) is 16.3. The van der Waals surface area contributed by atoms with E-state index in [2.05, 4.69) is 18.0 Å². The fraction of sp³-hybridized carbons (Fsp3) is 0.379. The number of pyridine rings is 1. The fourth-order valence-electron chi connectivity index (χ4n) is 5.12. The molecular formula is C29H34ClN3O3. The van der Waals surface area contributed by atoms with E-state index in [4.69, 9.17) is 31.8 Å². The Morgan fingerprint density at radius 2 is 1.69 bits per heavy atom. The van der Waals surface area contributed by atoms with E-state index in [0.29, 0.717) is 23.5 Å². The highest BCUT2D eigenvalue weighted by Crippen LogP contribution is 2.39. The van der Waals surface area contributed by atoms with Crippen LogP contribution in [0.15, 0.2) is 48.5 Å². The van der Waals surface area contributed by atoms with E-state index in [9.17, 15) is 4.79 Å². The van der Waals surface area contributed by atoms with Gasteiger partial charge in [0.1, 0.15) is 0 Å². The third kappa shape index (κ3) is 5.35. The van der Waals surface area contributed by atoms with Crippen molar-refractivity contribution >= 4 is 23.3 Å². The van der Waals surface area contributed by atoms with E-state index in [1.165, 1.54) is 7.11 Å². The molecule has 1 aromatic heterocycles. The Morgan fingerprint density at radius 1 is 1.03 bits per heavy atom. The third-order valence-electron chi connectivity index (χ3n) is 7.35. The number of carbonyl (C=O) groups is 1. The van der Waals surface area contributed by atoms with E-state index in [-0.39, 0.29) is 11.9 Å². The number of carbonyl (C=O) groups excluding carboxylic acids is 1. The second-order valence-corrected chi connectivity index (χ2v) is 9.87. The van der Waals surface area contributed by atoms with E-state index < -0.39 is 0 Å². The highest BCUT2D eigenvalue weighted by atomic mass is 35.5. The maximum absolute atomic E-state index is 11.8. The molecule has 1 heterocycles. The van der Waals surface area contributed by atoms with Crippen molar-refractivity contribution in [3.05, 3.63) is 64.7 Å². The average molecular weight is 508 g/mol. The lowest BCUT2D eigenvalue weighted by Crippen LogP contribution is -2.36. The van der Waals surface area contributed by atoms with Gasteiger partial charge in [0.2, 0.25) is 5.88 Å². The normalized spacial score (nSPS) is 17.7. The predicted octanol–water partition coefficient (Wildman–Crippen LogP) is 6.13.